The summed E-state index contributed by atoms with van der Waals surface area (Å²) in [6, 6.07) is 3.50. The first-order valence-corrected chi connectivity index (χ1v) is 7.62. The molecule has 1 aromatic heterocycles. The van der Waals surface area contributed by atoms with E-state index in [1.54, 1.807) is 7.05 Å². The topological polar surface area (TPSA) is 58.6 Å². The first-order chi connectivity index (χ1) is 9.65. The molecule has 1 N–H and O–H groups in total. The summed E-state index contributed by atoms with van der Waals surface area (Å²) in [6.07, 6.45) is 0.941. The molecular weight excluding hydrogens is 276 g/mol. The predicted molar refractivity (Wildman–Crippen MR) is 78.3 cm³/mol. The molecule has 1 amide bonds. The van der Waals surface area contributed by atoms with Crippen molar-refractivity contribution in [3.8, 4) is 0 Å². The molecule has 0 radical (unpaired) electrons. The van der Waals surface area contributed by atoms with Gasteiger partial charge in [0.05, 0.1) is 24.6 Å². The smallest absolute Gasteiger partial charge is 0.239 e. The fourth-order valence-corrected chi connectivity index (χ4v) is 3.09. The van der Waals surface area contributed by atoms with E-state index < -0.39 is 0 Å². The number of carbonyl (C=O) groups excluding carboxylic acids is 2. The highest BCUT2D eigenvalue weighted by atomic mass is 32.1. The molecule has 110 valence electrons. The Labute approximate surface area is 122 Å². The SMILES string of the molecule is CCc1ccc(C(=O)CN2CCOCC2C(=O)NC)s1. The minimum absolute atomic E-state index is 0.0745. The van der Waals surface area contributed by atoms with Gasteiger partial charge in [-0.1, -0.05) is 6.92 Å². The van der Waals surface area contributed by atoms with E-state index in [2.05, 4.69) is 12.2 Å². The lowest BCUT2D eigenvalue weighted by atomic mass is 10.2. The van der Waals surface area contributed by atoms with E-state index in [1.807, 2.05) is 17.0 Å². The van der Waals surface area contributed by atoms with E-state index in [1.165, 1.54) is 16.2 Å². The van der Waals surface area contributed by atoms with Crippen LogP contribution in [0.1, 0.15) is 21.5 Å². The van der Waals surface area contributed by atoms with Crippen LogP contribution in [0.3, 0.4) is 0 Å². The van der Waals surface area contributed by atoms with Crippen molar-refractivity contribution in [1.29, 1.82) is 0 Å². The highest BCUT2D eigenvalue weighted by Crippen LogP contribution is 2.18. The maximum atomic E-state index is 12.3. The lowest BCUT2D eigenvalue weighted by Gasteiger charge is -2.33. The predicted octanol–water partition coefficient (Wildman–Crippen LogP) is 0.940. The zero-order valence-electron chi connectivity index (χ0n) is 11.8. The van der Waals surface area contributed by atoms with Gasteiger partial charge in [0.1, 0.15) is 6.04 Å². The van der Waals surface area contributed by atoms with Crippen LogP contribution in [-0.4, -0.2) is 56.0 Å². The average Bonchev–Trinajstić information content (AvgIpc) is 2.96. The third-order valence-corrected chi connectivity index (χ3v) is 4.69. The van der Waals surface area contributed by atoms with Gasteiger partial charge in [0, 0.05) is 18.5 Å². The number of likely N-dealkylation sites (N-methyl/N-ethyl adjacent to an activating group) is 1. The van der Waals surface area contributed by atoms with Crippen LogP contribution in [0.5, 0.6) is 0 Å². The minimum atomic E-state index is -0.372. The number of aryl methyl sites for hydroxylation is 1. The molecule has 1 fully saturated rings. The number of thiophene rings is 1. The number of amides is 1. The maximum Gasteiger partial charge on any atom is 0.239 e. The van der Waals surface area contributed by atoms with Crippen LogP contribution in [0, 0.1) is 0 Å². The summed E-state index contributed by atoms with van der Waals surface area (Å²) in [5, 5.41) is 2.62. The van der Waals surface area contributed by atoms with Crippen molar-refractivity contribution in [1.82, 2.24) is 10.2 Å². The second-order valence-corrected chi connectivity index (χ2v) is 5.89. The Hall–Kier alpha value is -1.24. The van der Waals surface area contributed by atoms with Gasteiger partial charge < -0.3 is 10.1 Å². The number of hydrogen-bond acceptors (Lipinski definition) is 5. The number of ketones is 1. The van der Waals surface area contributed by atoms with Crippen LogP contribution >= 0.6 is 11.3 Å². The van der Waals surface area contributed by atoms with Crippen molar-refractivity contribution >= 4 is 23.0 Å². The normalized spacial score (nSPS) is 19.8. The molecule has 1 aliphatic heterocycles. The molecular formula is C14H20N2O3S. The van der Waals surface area contributed by atoms with E-state index in [4.69, 9.17) is 4.74 Å². The largest absolute Gasteiger partial charge is 0.378 e. The standard InChI is InChI=1S/C14H20N2O3S/c1-3-10-4-5-13(20-10)12(17)8-16-6-7-19-9-11(16)14(18)15-2/h4-5,11H,3,6-9H2,1-2H3,(H,15,18). The summed E-state index contributed by atoms with van der Waals surface area (Å²) in [4.78, 5) is 28.0. The molecule has 0 spiro atoms. The van der Waals surface area contributed by atoms with Gasteiger partial charge in [-0.05, 0) is 18.6 Å². The van der Waals surface area contributed by atoms with Crippen molar-refractivity contribution in [2.75, 3.05) is 33.4 Å². The van der Waals surface area contributed by atoms with Crippen molar-refractivity contribution in [3.05, 3.63) is 21.9 Å². The van der Waals surface area contributed by atoms with E-state index in [0.717, 1.165) is 11.3 Å². The quantitative estimate of drug-likeness (QED) is 0.822. The monoisotopic (exact) mass is 296 g/mol. The van der Waals surface area contributed by atoms with Crippen molar-refractivity contribution in [2.45, 2.75) is 19.4 Å². The maximum absolute atomic E-state index is 12.3. The Morgan fingerprint density at radius 3 is 2.95 bits per heavy atom. The zero-order chi connectivity index (χ0) is 14.5. The summed E-state index contributed by atoms with van der Waals surface area (Å²) < 4.78 is 5.33. The number of carbonyl (C=O) groups is 2. The van der Waals surface area contributed by atoms with Crippen LogP contribution in [-0.2, 0) is 16.0 Å². The molecule has 1 saturated heterocycles. The van der Waals surface area contributed by atoms with Gasteiger partial charge in [-0.3, -0.25) is 14.5 Å². The number of nitrogens with zero attached hydrogens (tertiary/aromatic N) is 1. The molecule has 5 nitrogen and oxygen atoms in total. The van der Waals surface area contributed by atoms with Crippen molar-refractivity contribution < 1.29 is 14.3 Å². The van der Waals surface area contributed by atoms with Crippen molar-refractivity contribution in [3.63, 3.8) is 0 Å². The summed E-state index contributed by atoms with van der Waals surface area (Å²) in [6.45, 7) is 3.85. The third kappa shape index (κ3) is 3.45. The highest BCUT2D eigenvalue weighted by molar-refractivity contribution is 7.14. The molecule has 2 rings (SSSR count). The molecule has 1 aliphatic rings. The van der Waals surface area contributed by atoms with Crippen molar-refractivity contribution in [2.24, 2.45) is 0 Å². The van der Waals surface area contributed by atoms with E-state index in [-0.39, 0.29) is 24.3 Å². The molecule has 0 saturated carbocycles. The average molecular weight is 296 g/mol. The van der Waals surface area contributed by atoms with E-state index in [9.17, 15) is 9.59 Å². The number of rotatable bonds is 5. The van der Waals surface area contributed by atoms with Crippen LogP contribution in [0.4, 0.5) is 0 Å². The lowest BCUT2D eigenvalue weighted by Crippen LogP contribution is -2.54. The Bertz CT molecular complexity index is 487. The fourth-order valence-electron chi connectivity index (χ4n) is 2.22. The molecule has 6 heteroatoms. The van der Waals surface area contributed by atoms with Gasteiger partial charge in [-0.2, -0.15) is 0 Å². The van der Waals surface area contributed by atoms with Gasteiger partial charge in [0.2, 0.25) is 5.91 Å². The number of ether oxygens (including phenoxy) is 1. The zero-order valence-corrected chi connectivity index (χ0v) is 12.7. The minimum Gasteiger partial charge on any atom is -0.378 e. The van der Waals surface area contributed by atoms with Gasteiger partial charge in [-0.25, -0.2) is 0 Å². The molecule has 0 aromatic carbocycles. The number of hydrogen-bond donors (Lipinski definition) is 1. The Balaban J connectivity index is 2.02. The second kappa shape index (κ2) is 6.97. The molecule has 0 aliphatic carbocycles. The van der Waals surface area contributed by atoms with Gasteiger partial charge in [0.25, 0.3) is 0 Å². The fraction of sp³-hybridized carbons (Fsp3) is 0.571. The molecule has 0 bridgehead atoms. The second-order valence-electron chi connectivity index (χ2n) is 4.72. The third-order valence-electron chi connectivity index (χ3n) is 3.42. The van der Waals surface area contributed by atoms with Gasteiger partial charge in [-0.15, -0.1) is 11.3 Å². The summed E-state index contributed by atoms with van der Waals surface area (Å²) in [7, 11) is 1.60. The molecule has 1 unspecified atom stereocenters. The molecule has 1 atom stereocenters. The van der Waals surface area contributed by atoms with E-state index in [0.29, 0.717) is 19.8 Å². The Morgan fingerprint density at radius 1 is 1.50 bits per heavy atom. The van der Waals surface area contributed by atoms with Crippen LogP contribution in [0.25, 0.3) is 0 Å². The van der Waals surface area contributed by atoms with Crippen LogP contribution in [0.15, 0.2) is 12.1 Å². The highest BCUT2D eigenvalue weighted by Gasteiger charge is 2.30. The first kappa shape index (κ1) is 15.2. The Morgan fingerprint density at radius 2 is 2.30 bits per heavy atom. The summed E-state index contributed by atoms with van der Waals surface area (Å²) in [5.41, 5.74) is 0. The molecule has 1 aromatic rings. The molecule has 20 heavy (non-hydrogen) atoms. The Kier molecular flexibility index (Phi) is 5.28. The lowest BCUT2D eigenvalue weighted by molar-refractivity contribution is -0.131. The molecule has 2 heterocycles. The summed E-state index contributed by atoms with van der Waals surface area (Å²) in [5.74, 6) is -0.0246. The first-order valence-electron chi connectivity index (χ1n) is 6.81. The number of Topliss-reactive ketones (excluding diaryl/α,β-unsaturated/α-hetero) is 1. The summed E-state index contributed by atoms with van der Waals surface area (Å²) >= 11 is 1.54. The number of morpholine rings is 1. The van der Waals surface area contributed by atoms with E-state index >= 15 is 0 Å². The van der Waals surface area contributed by atoms with Crippen LogP contribution < -0.4 is 5.32 Å². The number of nitrogens with one attached hydrogen (secondary N) is 1. The van der Waals surface area contributed by atoms with Gasteiger partial charge >= 0.3 is 0 Å². The van der Waals surface area contributed by atoms with Gasteiger partial charge in [0.15, 0.2) is 5.78 Å². The van der Waals surface area contributed by atoms with Crippen LogP contribution in [0.2, 0.25) is 0 Å².